The topological polar surface area (TPSA) is 101 Å². The Morgan fingerprint density at radius 3 is 2.58 bits per heavy atom. The molecule has 0 atom stereocenters. The molecule has 1 heterocycles. The summed E-state index contributed by atoms with van der Waals surface area (Å²) < 4.78 is 24.2. The van der Waals surface area contributed by atoms with Crippen molar-refractivity contribution in [3.63, 3.8) is 0 Å². The number of amides is 1. The second-order valence-electron chi connectivity index (χ2n) is 4.40. The lowest BCUT2D eigenvalue weighted by atomic mass is 10.3. The highest BCUT2D eigenvalue weighted by Crippen LogP contribution is 2.41. The smallest absolute Gasteiger partial charge is 0.263 e. The summed E-state index contributed by atoms with van der Waals surface area (Å²) in [5.74, 6) is -0.403. The van der Waals surface area contributed by atoms with E-state index < -0.39 is 9.84 Å². The van der Waals surface area contributed by atoms with E-state index in [1.54, 1.807) is 6.92 Å². The van der Waals surface area contributed by atoms with Crippen LogP contribution >= 0.6 is 11.3 Å². The average Bonchev–Trinajstić information content (AvgIpc) is 3.11. The molecule has 1 saturated carbocycles. The molecule has 4 N–H and O–H groups in total. The number of sulfone groups is 1. The zero-order chi connectivity index (χ0) is 14.2. The fraction of sp³-hybridized carbons (Fsp3) is 0.545. The molecule has 8 heteroatoms. The first-order valence-corrected chi connectivity index (χ1v) is 8.51. The summed E-state index contributed by atoms with van der Waals surface area (Å²) in [6.45, 7) is 1.56. The van der Waals surface area contributed by atoms with Crippen LogP contribution in [-0.2, 0) is 9.84 Å². The Balaban J connectivity index is 2.54. The first-order chi connectivity index (χ1) is 8.90. The third-order valence-electron chi connectivity index (χ3n) is 2.94. The highest BCUT2D eigenvalue weighted by atomic mass is 32.2. The van der Waals surface area contributed by atoms with Crippen molar-refractivity contribution in [2.24, 2.45) is 0 Å². The molecule has 0 radical (unpaired) electrons. The molecule has 106 valence electrons. The van der Waals surface area contributed by atoms with Crippen LogP contribution in [0.4, 0.5) is 10.7 Å². The van der Waals surface area contributed by atoms with Crippen LogP contribution in [0, 0.1) is 0 Å². The molecule has 0 saturated heterocycles. The summed E-state index contributed by atoms with van der Waals surface area (Å²) in [6.07, 6.45) is 2.03. The third kappa shape index (κ3) is 2.69. The zero-order valence-electron chi connectivity index (χ0n) is 10.8. The Morgan fingerprint density at radius 2 is 2.11 bits per heavy atom. The summed E-state index contributed by atoms with van der Waals surface area (Å²) >= 11 is 1.10. The van der Waals surface area contributed by atoms with Gasteiger partial charge in [-0.1, -0.05) is 6.92 Å². The van der Waals surface area contributed by atoms with Crippen LogP contribution in [0.25, 0.3) is 0 Å². The first-order valence-electron chi connectivity index (χ1n) is 6.04. The lowest BCUT2D eigenvalue weighted by Gasteiger charge is -2.06. The van der Waals surface area contributed by atoms with Crippen molar-refractivity contribution in [3.05, 3.63) is 4.88 Å². The van der Waals surface area contributed by atoms with Gasteiger partial charge in [0.25, 0.3) is 5.91 Å². The Kier molecular flexibility index (Phi) is 3.73. The van der Waals surface area contributed by atoms with E-state index in [0.717, 1.165) is 24.2 Å². The molecule has 2 rings (SSSR count). The van der Waals surface area contributed by atoms with Gasteiger partial charge in [0.2, 0.25) is 0 Å². The van der Waals surface area contributed by atoms with E-state index in [4.69, 9.17) is 5.73 Å². The van der Waals surface area contributed by atoms with E-state index >= 15 is 0 Å². The quantitative estimate of drug-likeness (QED) is 0.755. The maximum atomic E-state index is 12.1. The number of hydrogen-bond donors (Lipinski definition) is 3. The predicted molar refractivity (Wildman–Crippen MR) is 76.5 cm³/mol. The minimum atomic E-state index is -3.46. The van der Waals surface area contributed by atoms with Gasteiger partial charge in [-0.2, -0.15) is 0 Å². The molecule has 1 amide bonds. The lowest BCUT2D eigenvalue weighted by Crippen LogP contribution is -2.18. The number of carbonyl (C=O) groups is 1. The molecule has 0 unspecified atom stereocenters. The number of thiophene rings is 1. The number of nitrogens with two attached hydrogens (primary N) is 1. The van der Waals surface area contributed by atoms with Crippen LogP contribution in [0.2, 0.25) is 0 Å². The van der Waals surface area contributed by atoms with E-state index in [-0.39, 0.29) is 27.1 Å². The molecule has 1 aromatic heterocycles. The van der Waals surface area contributed by atoms with Crippen LogP contribution in [0.1, 0.15) is 29.4 Å². The highest BCUT2D eigenvalue weighted by molar-refractivity contribution is 7.91. The number of anilines is 2. The first kappa shape index (κ1) is 14.1. The van der Waals surface area contributed by atoms with Crippen LogP contribution in [-0.4, -0.2) is 33.2 Å². The summed E-state index contributed by atoms with van der Waals surface area (Å²) in [6, 6.07) is 0.293. The minimum Gasteiger partial charge on any atom is -0.396 e. The Morgan fingerprint density at radius 1 is 1.47 bits per heavy atom. The Labute approximate surface area is 116 Å². The van der Waals surface area contributed by atoms with E-state index in [9.17, 15) is 13.2 Å². The van der Waals surface area contributed by atoms with Crippen molar-refractivity contribution in [2.45, 2.75) is 30.7 Å². The van der Waals surface area contributed by atoms with Gasteiger partial charge in [-0.25, -0.2) is 8.42 Å². The largest absolute Gasteiger partial charge is 0.396 e. The Bertz CT molecular complexity index is 603. The van der Waals surface area contributed by atoms with Gasteiger partial charge in [-0.05, 0) is 12.8 Å². The van der Waals surface area contributed by atoms with Crippen molar-refractivity contribution >= 4 is 37.8 Å². The molecule has 1 aliphatic carbocycles. The highest BCUT2D eigenvalue weighted by Gasteiger charge is 2.31. The van der Waals surface area contributed by atoms with Gasteiger partial charge in [-0.3, -0.25) is 4.79 Å². The van der Waals surface area contributed by atoms with Crippen molar-refractivity contribution < 1.29 is 13.2 Å². The van der Waals surface area contributed by atoms with Gasteiger partial charge in [-0.15, -0.1) is 11.3 Å². The molecule has 1 aromatic rings. The maximum absolute atomic E-state index is 12.1. The van der Waals surface area contributed by atoms with E-state index in [1.165, 1.54) is 7.05 Å². The van der Waals surface area contributed by atoms with Crippen LogP contribution in [0.5, 0.6) is 0 Å². The minimum absolute atomic E-state index is 0.0412. The number of carbonyl (C=O) groups excluding carboxylic acids is 1. The molecule has 0 aliphatic heterocycles. The van der Waals surface area contributed by atoms with Gasteiger partial charge in [0.1, 0.15) is 14.8 Å². The average molecular weight is 303 g/mol. The zero-order valence-corrected chi connectivity index (χ0v) is 12.5. The summed E-state index contributed by atoms with van der Waals surface area (Å²) in [5, 5.41) is 6.10. The van der Waals surface area contributed by atoms with Crippen LogP contribution in [0.15, 0.2) is 4.90 Å². The molecule has 0 spiro atoms. The van der Waals surface area contributed by atoms with Gasteiger partial charge in [0, 0.05) is 13.1 Å². The van der Waals surface area contributed by atoms with Crippen molar-refractivity contribution in [1.82, 2.24) is 5.32 Å². The third-order valence-corrected chi connectivity index (χ3v) is 6.01. The van der Waals surface area contributed by atoms with Crippen LogP contribution in [0.3, 0.4) is 0 Å². The SMILES string of the molecule is CCS(=O)(=O)c1c(NC2CC2)sc(C(=O)NC)c1N. The molecule has 1 aliphatic rings. The molecule has 1 fully saturated rings. The van der Waals surface area contributed by atoms with Crippen molar-refractivity contribution in [1.29, 1.82) is 0 Å². The molecular formula is C11H17N3O3S2. The normalized spacial score (nSPS) is 15.3. The standard InChI is InChI=1S/C11H17N3O3S2/c1-3-19(16,17)9-7(12)8(10(15)13-2)18-11(9)14-6-4-5-6/h6,14H,3-5,12H2,1-2H3,(H,13,15). The molecular weight excluding hydrogens is 286 g/mol. The molecule has 0 aromatic carbocycles. The predicted octanol–water partition coefficient (Wildman–Crippen LogP) is 1.06. The Hall–Kier alpha value is -1.28. The second kappa shape index (κ2) is 5.01. The fourth-order valence-corrected chi connectivity index (χ4v) is 4.35. The van der Waals surface area contributed by atoms with Crippen molar-refractivity contribution in [3.8, 4) is 0 Å². The molecule has 6 nitrogen and oxygen atoms in total. The summed E-state index contributed by atoms with van der Waals surface area (Å²) in [7, 11) is -1.97. The van der Waals surface area contributed by atoms with Gasteiger partial charge in [0.05, 0.1) is 11.4 Å². The van der Waals surface area contributed by atoms with Gasteiger partial charge >= 0.3 is 0 Å². The fourth-order valence-electron chi connectivity index (χ4n) is 1.67. The van der Waals surface area contributed by atoms with Crippen molar-refractivity contribution in [2.75, 3.05) is 23.9 Å². The molecule has 19 heavy (non-hydrogen) atoms. The van der Waals surface area contributed by atoms with Gasteiger partial charge in [0.15, 0.2) is 9.84 Å². The number of nitrogen functional groups attached to an aromatic ring is 1. The van der Waals surface area contributed by atoms with E-state index in [1.807, 2.05) is 0 Å². The van der Waals surface area contributed by atoms with E-state index in [2.05, 4.69) is 10.6 Å². The van der Waals surface area contributed by atoms with Crippen LogP contribution < -0.4 is 16.4 Å². The summed E-state index contributed by atoms with van der Waals surface area (Å²) in [5.41, 5.74) is 5.92. The summed E-state index contributed by atoms with van der Waals surface area (Å²) in [4.78, 5) is 12.0. The number of nitrogens with one attached hydrogen (secondary N) is 2. The molecule has 0 bridgehead atoms. The second-order valence-corrected chi connectivity index (χ2v) is 7.64. The lowest BCUT2D eigenvalue weighted by molar-refractivity contribution is 0.0968. The number of hydrogen-bond acceptors (Lipinski definition) is 6. The monoisotopic (exact) mass is 303 g/mol. The number of rotatable bonds is 5. The van der Waals surface area contributed by atoms with E-state index in [0.29, 0.717) is 11.0 Å². The maximum Gasteiger partial charge on any atom is 0.263 e. The van der Waals surface area contributed by atoms with Gasteiger partial charge < -0.3 is 16.4 Å².